The van der Waals surface area contributed by atoms with Crippen LogP contribution in [0.3, 0.4) is 0 Å². The Labute approximate surface area is 103 Å². The van der Waals surface area contributed by atoms with E-state index in [1.807, 2.05) is 0 Å². The fourth-order valence-corrected chi connectivity index (χ4v) is 2.80. The minimum Gasteiger partial charge on any atom is -0.380 e. The summed E-state index contributed by atoms with van der Waals surface area (Å²) in [6.07, 6.45) is 8.21. The second-order valence-corrected chi connectivity index (χ2v) is 4.70. The summed E-state index contributed by atoms with van der Waals surface area (Å²) in [4.78, 5) is 0. The van der Waals surface area contributed by atoms with Gasteiger partial charge < -0.3 is 14.2 Å². The fraction of sp³-hybridized carbons (Fsp3) is 0.714. The number of hydrogen-bond donors (Lipinski definition) is 0. The van der Waals surface area contributed by atoms with Gasteiger partial charge in [-0.05, 0) is 36.8 Å². The maximum Gasteiger partial charge on any atom is 0.197 e. The highest BCUT2D eigenvalue weighted by Gasteiger charge is 2.46. The molecule has 2 aliphatic carbocycles. The molecule has 17 heavy (non-hydrogen) atoms. The molecule has 0 N–H and O–H groups in total. The summed E-state index contributed by atoms with van der Waals surface area (Å²) in [5.41, 5.74) is 4.04. The van der Waals surface area contributed by atoms with Crippen LogP contribution in [0.2, 0.25) is 0 Å². The third-order valence-electron chi connectivity index (χ3n) is 3.86. The van der Waals surface area contributed by atoms with Crippen molar-refractivity contribution in [3.05, 3.63) is 22.8 Å². The highest BCUT2D eigenvalue weighted by Crippen LogP contribution is 2.47. The molecule has 0 bridgehead atoms. The average Bonchev–Trinajstić information content (AvgIpc) is 2.38. The molecule has 0 fully saturated rings. The summed E-state index contributed by atoms with van der Waals surface area (Å²) in [5, 5.41) is 0. The zero-order valence-corrected chi connectivity index (χ0v) is 11.0. The van der Waals surface area contributed by atoms with Crippen molar-refractivity contribution in [3.8, 4) is 0 Å². The molecule has 2 aliphatic rings. The summed E-state index contributed by atoms with van der Waals surface area (Å²) in [5.74, 6) is -0.538. The molecule has 0 aliphatic heterocycles. The van der Waals surface area contributed by atoms with E-state index in [2.05, 4.69) is 6.08 Å². The van der Waals surface area contributed by atoms with Crippen LogP contribution in [-0.2, 0) is 14.2 Å². The van der Waals surface area contributed by atoms with E-state index in [0.29, 0.717) is 6.61 Å². The van der Waals surface area contributed by atoms with Crippen molar-refractivity contribution in [2.24, 2.45) is 0 Å². The Hall–Kier alpha value is -0.640. The molecular weight excluding hydrogens is 216 g/mol. The molecule has 0 radical (unpaired) electrons. The lowest BCUT2D eigenvalue weighted by atomic mass is 9.75. The highest BCUT2D eigenvalue weighted by atomic mass is 16.7. The van der Waals surface area contributed by atoms with Gasteiger partial charge in [0.1, 0.15) is 0 Å². The molecule has 3 heteroatoms. The Morgan fingerprint density at radius 1 is 1.18 bits per heavy atom. The van der Waals surface area contributed by atoms with Gasteiger partial charge in [-0.3, -0.25) is 0 Å². The molecular formula is C14H22O3. The van der Waals surface area contributed by atoms with Crippen LogP contribution in [0.25, 0.3) is 0 Å². The molecule has 0 aromatic rings. The van der Waals surface area contributed by atoms with Crippen molar-refractivity contribution in [1.29, 1.82) is 0 Å². The first-order chi connectivity index (χ1) is 8.27. The highest BCUT2D eigenvalue weighted by molar-refractivity contribution is 5.48. The van der Waals surface area contributed by atoms with Crippen LogP contribution in [-0.4, -0.2) is 33.7 Å². The summed E-state index contributed by atoms with van der Waals surface area (Å²) >= 11 is 0. The first-order valence-electron chi connectivity index (χ1n) is 6.28. The van der Waals surface area contributed by atoms with Crippen LogP contribution in [0.15, 0.2) is 22.8 Å². The standard InChI is InChI=1S/C14H22O3/c1-15-10-13-12(9-14(13,16-2)17-3)11-7-5-4-6-8-11/h7H,4-6,8-10H2,1-3H3. The summed E-state index contributed by atoms with van der Waals surface area (Å²) in [6.45, 7) is 0.592. The monoisotopic (exact) mass is 238 g/mol. The zero-order valence-electron chi connectivity index (χ0n) is 11.0. The van der Waals surface area contributed by atoms with E-state index in [1.54, 1.807) is 21.3 Å². The molecule has 0 aromatic carbocycles. The van der Waals surface area contributed by atoms with E-state index < -0.39 is 5.79 Å². The van der Waals surface area contributed by atoms with E-state index >= 15 is 0 Å². The molecule has 3 nitrogen and oxygen atoms in total. The molecule has 0 unspecified atom stereocenters. The molecule has 0 atom stereocenters. The molecule has 0 aromatic heterocycles. The minimum atomic E-state index is -0.538. The zero-order chi connectivity index (χ0) is 12.3. The molecule has 0 heterocycles. The van der Waals surface area contributed by atoms with Crippen molar-refractivity contribution in [2.75, 3.05) is 27.9 Å². The predicted octanol–water partition coefficient (Wildman–Crippen LogP) is 2.82. The van der Waals surface area contributed by atoms with E-state index in [9.17, 15) is 0 Å². The predicted molar refractivity (Wildman–Crippen MR) is 66.8 cm³/mol. The topological polar surface area (TPSA) is 27.7 Å². The first kappa shape index (κ1) is 12.8. The van der Waals surface area contributed by atoms with Gasteiger partial charge in [-0.1, -0.05) is 6.08 Å². The van der Waals surface area contributed by atoms with Gasteiger partial charge in [-0.15, -0.1) is 0 Å². The van der Waals surface area contributed by atoms with Gasteiger partial charge in [0.2, 0.25) is 0 Å². The fourth-order valence-electron chi connectivity index (χ4n) is 2.80. The molecule has 0 spiro atoms. The van der Waals surface area contributed by atoms with Crippen molar-refractivity contribution >= 4 is 0 Å². The molecule has 0 saturated heterocycles. The second kappa shape index (κ2) is 5.34. The lowest BCUT2D eigenvalue weighted by molar-refractivity contribution is -0.196. The number of methoxy groups -OCH3 is 3. The van der Waals surface area contributed by atoms with E-state index in [4.69, 9.17) is 14.2 Å². The van der Waals surface area contributed by atoms with E-state index in [1.165, 1.54) is 36.8 Å². The van der Waals surface area contributed by atoms with Crippen molar-refractivity contribution in [2.45, 2.75) is 37.9 Å². The van der Waals surface area contributed by atoms with Crippen molar-refractivity contribution in [3.63, 3.8) is 0 Å². The largest absolute Gasteiger partial charge is 0.380 e. The quantitative estimate of drug-likeness (QED) is 0.689. The van der Waals surface area contributed by atoms with Crippen LogP contribution in [0, 0.1) is 0 Å². The number of hydrogen-bond acceptors (Lipinski definition) is 3. The SMILES string of the molecule is COCC1=C(C2=CCCCC2)CC1(OC)OC. The number of rotatable bonds is 5. The van der Waals surface area contributed by atoms with Crippen LogP contribution in [0.1, 0.15) is 32.1 Å². The number of ether oxygens (including phenoxy) is 3. The van der Waals surface area contributed by atoms with Gasteiger partial charge in [0, 0.05) is 33.3 Å². The van der Waals surface area contributed by atoms with Crippen LogP contribution in [0.5, 0.6) is 0 Å². The molecule has 96 valence electrons. The lowest BCUT2D eigenvalue weighted by Gasteiger charge is -2.44. The van der Waals surface area contributed by atoms with Gasteiger partial charge in [0.05, 0.1) is 6.61 Å². The first-order valence-corrected chi connectivity index (χ1v) is 6.28. The summed E-state index contributed by atoms with van der Waals surface area (Å²) in [6, 6.07) is 0. The second-order valence-electron chi connectivity index (χ2n) is 4.70. The third-order valence-corrected chi connectivity index (χ3v) is 3.86. The Balaban J connectivity index is 2.25. The van der Waals surface area contributed by atoms with E-state index in [-0.39, 0.29) is 0 Å². The van der Waals surface area contributed by atoms with Gasteiger partial charge in [-0.25, -0.2) is 0 Å². The third kappa shape index (κ3) is 2.19. The normalized spacial score (nSPS) is 23.4. The Morgan fingerprint density at radius 3 is 2.47 bits per heavy atom. The average molecular weight is 238 g/mol. The molecule has 0 saturated carbocycles. The van der Waals surface area contributed by atoms with Crippen LogP contribution in [0.4, 0.5) is 0 Å². The van der Waals surface area contributed by atoms with Crippen molar-refractivity contribution < 1.29 is 14.2 Å². The minimum absolute atomic E-state index is 0.538. The van der Waals surface area contributed by atoms with Gasteiger partial charge >= 0.3 is 0 Å². The van der Waals surface area contributed by atoms with E-state index in [0.717, 1.165) is 12.0 Å². The maximum absolute atomic E-state index is 5.52. The summed E-state index contributed by atoms with van der Waals surface area (Å²) in [7, 11) is 5.12. The van der Waals surface area contributed by atoms with Gasteiger partial charge in [-0.2, -0.15) is 0 Å². The van der Waals surface area contributed by atoms with Gasteiger partial charge in [0.25, 0.3) is 0 Å². The van der Waals surface area contributed by atoms with Crippen LogP contribution < -0.4 is 0 Å². The number of allylic oxidation sites excluding steroid dienone is 2. The Bertz CT molecular complexity index is 337. The van der Waals surface area contributed by atoms with Gasteiger partial charge in [0.15, 0.2) is 5.79 Å². The molecule has 2 rings (SSSR count). The Kier molecular flexibility index (Phi) is 4.02. The maximum atomic E-state index is 5.52. The lowest BCUT2D eigenvalue weighted by Crippen LogP contribution is -2.46. The van der Waals surface area contributed by atoms with Crippen LogP contribution >= 0.6 is 0 Å². The summed E-state index contributed by atoms with van der Waals surface area (Å²) < 4.78 is 16.3. The van der Waals surface area contributed by atoms with Crippen molar-refractivity contribution in [1.82, 2.24) is 0 Å². The molecule has 0 amide bonds. The Morgan fingerprint density at radius 2 is 1.94 bits per heavy atom. The smallest absolute Gasteiger partial charge is 0.197 e.